The Morgan fingerprint density at radius 2 is 1.92 bits per heavy atom. The number of hydrogen-bond donors (Lipinski definition) is 0. The maximum atomic E-state index is 4.07. The Balaban J connectivity index is 2.48. The summed E-state index contributed by atoms with van der Waals surface area (Å²) in [6, 6.07) is 5.99. The quantitative estimate of drug-likeness (QED) is 0.726. The minimum absolute atomic E-state index is 0.994. The third-order valence-corrected chi connectivity index (χ3v) is 2.03. The molecular formula is C9H7BrN2. The molecule has 0 saturated heterocycles. The van der Waals surface area contributed by atoms with Gasteiger partial charge in [-0.1, -0.05) is 0 Å². The van der Waals surface area contributed by atoms with Crippen LogP contribution in [0, 0.1) is 0 Å². The summed E-state index contributed by atoms with van der Waals surface area (Å²) in [7, 11) is 0. The molecule has 0 aromatic carbocycles. The molecule has 0 fully saturated rings. The molecule has 12 heavy (non-hydrogen) atoms. The van der Waals surface area contributed by atoms with Crippen molar-refractivity contribution in [2.45, 2.75) is 0 Å². The number of hydrogen-bond acceptors (Lipinski definition) is 1. The second kappa shape index (κ2) is 3.11. The van der Waals surface area contributed by atoms with Crippen LogP contribution in [-0.2, 0) is 0 Å². The van der Waals surface area contributed by atoms with Gasteiger partial charge in [0.2, 0.25) is 0 Å². The van der Waals surface area contributed by atoms with Gasteiger partial charge in [-0.3, -0.25) is 4.98 Å². The molecule has 0 amide bonds. The minimum atomic E-state index is 0.994. The van der Waals surface area contributed by atoms with Crippen LogP contribution in [0.1, 0.15) is 0 Å². The molecule has 0 atom stereocenters. The van der Waals surface area contributed by atoms with E-state index in [1.54, 1.807) is 6.20 Å². The highest BCUT2D eigenvalue weighted by Gasteiger charge is 1.94. The summed E-state index contributed by atoms with van der Waals surface area (Å²) >= 11 is 3.37. The fourth-order valence-electron chi connectivity index (χ4n) is 1.05. The minimum Gasteiger partial charge on any atom is -0.322 e. The van der Waals surface area contributed by atoms with E-state index in [0.29, 0.717) is 0 Å². The second-order valence-electron chi connectivity index (χ2n) is 2.45. The lowest BCUT2D eigenvalue weighted by Crippen LogP contribution is -1.89. The largest absolute Gasteiger partial charge is 0.322 e. The summed E-state index contributed by atoms with van der Waals surface area (Å²) in [6.45, 7) is 0. The van der Waals surface area contributed by atoms with Crippen LogP contribution in [-0.4, -0.2) is 9.55 Å². The molecule has 2 nitrogen and oxygen atoms in total. The standard InChI is InChI=1S/C9H7BrN2/c10-8-5-9(7-11-6-8)12-3-1-2-4-12/h1-7H. The molecule has 2 rings (SSSR count). The highest BCUT2D eigenvalue weighted by molar-refractivity contribution is 9.10. The highest BCUT2D eigenvalue weighted by atomic mass is 79.9. The highest BCUT2D eigenvalue weighted by Crippen LogP contribution is 2.13. The monoisotopic (exact) mass is 222 g/mol. The SMILES string of the molecule is Brc1cncc(-n2cccc2)c1. The first kappa shape index (κ1) is 7.55. The predicted molar refractivity (Wildman–Crippen MR) is 51.3 cm³/mol. The Labute approximate surface area is 79.0 Å². The van der Waals surface area contributed by atoms with Crippen LogP contribution in [0.2, 0.25) is 0 Å². The van der Waals surface area contributed by atoms with Gasteiger partial charge in [0.15, 0.2) is 0 Å². The Morgan fingerprint density at radius 1 is 1.17 bits per heavy atom. The molecule has 0 unspecified atom stereocenters. The molecule has 0 saturated carbocycles. The Morgan fingerprint density at radius 3 is 2.58 bits per heavy atom. The second-order valence-corrected chi connectivity index (χ2v) is 3.37. The van der Waals surface area contributed by atoms with Crippen LogP contribution in [0.25, 0.3) is 5.69 Å². The molecule has 60 valence electrons. The lowest BCUT2D eigenvalue weighted by Gasteiger charge is -2.00. The Hall–Kier alpha value is -1.09. The van der Waals surface area contributed by atoms with E-state index in [9.17, 15) is 0 Å². The van der Waals surface area contributed by atoms with Gasteiger partial charge >= 0.3 is 0 Å². The van der Waals surface area contributed by atoms with Crippen molar-refractivity contribution in [3.63, 3.8) is 0 Å². The van der Waals surface area contributed by atoms with Crippen molar-refractivity contribution in [1.29, 1.82) is 0 Å². The molecule has 0 aliphatic heterocycles. The van der Waals surface area contributed by atoms with Gasteiger partial charge in [0.25, 0.3) is 0 Å². The summed E-state index contributed by atoms with van der Waals surface area (Å²) in [5.41, 5.74) is 1.06. The van der Waals surface area contributed by atoms with E-state index in [-0.39, 0.29) is 0 Å². The van der Waals surface area contributed by atoms with Crippen LogP contribution in [0.4, 0.5) is 0 Å². The summed E-state index contributed by atoms with van der Waals surface area (Å²) in [6.07, 6.45) is 7.57. The summed E-state index contributed by atoms with van der Waals surface area (Å²) < 4.78 is 3.01. The summed E-state index contributed by atoms with van der Waals surface area (Å²) in [5, 5.41) is 0. The molecule has 0 spiro atoms. The fraction of sp³-hybridized carbons (Fsp3) is 0. The molecule has 0 radical (unpaired) electrons. The Kier molecular flexibility index (Phi) is 1.96. The predicted octanol–water partition coefficient (Wildman–Crippen LogP) is 2.63. The van der Waals surface area contributed by atoms with Crippen LogP contribution >= 0.6 is 15.9 Å². The van der Waals surface area contributed by atoms with Gasteiger partial charge in [-0.2, -0.15) is 0 Å². The number of rotatable bonds is 1. The zero-order valence-electron chi connectivity index (χ0n) is 6.31. The van der Waals surface area contributed by atoms with Crippen molar-refractivity contribution >= 4 is 15.9 Å². The van der Waals surface area contributed by atoms with Crippen LogP contribution in [0.15, 0.2) is 47.5 Å². The Bertz CT molecular complexity index is 368. The third kappa shape index (κ3) is 1.41. The van der Waals surface area contributed by atoms with E-state index in [4.69, 9.17) is 0 Å². The van der Waals surface area contributed by atoms with Crippen molar-refractivity contribution in [1.82, 2.24) is 9.55 Å². The normalized spacial score (nSPS) is 10.1. The first-order valence-corrected chi connectivity index (χ1v) is 4.39. The van der Waals surface area contributed by atoms with Crippen LogP contribution in [0.5, 0.6) is 0 Å². The van der Waals surface area contributed by atoms with Crippen molar-refractivity contribution in [2.75, 3.05) is 0 Å². The number of aromatic nitrogens is 2. The molecule has 0 bridgehead atoms. The smallest absolute Gasteiger partial charge is 0.0644 e. The zero-order valence-corrected chi connectivity index (χ0v) is 7.90. The van der Waals surface area contributed by atoms with E-state index < -0.39 is 0 Å². The average Bonchev–Trinajstić information content (AvgIpc) is 2.56. The molecule has 0 aliphatic rings. The number of pyridine rings is 1. The van der Waals surface area contributed by atoms with E-state index in [0.717, 1.165) is 10.2 Å². The fourth-order valence-corrected chi connectivity index (χ4v) is 1.40. The summed E-state index contributed by atoms with van der Waals surface area (Å²) in [5.74, 6) is 0. The van der Waals surface area contributed by atoms with Gasteiger partial charge in [0.1, 0.15) is 0 Å². The molecule has 2 aromatic heterocycles. The van der Waals surface area contributed by atoms with E-state index >= 15 is 0 Å². The molecular weight excluding hydrogens is 216 g/mol. The molecule has 3 heteroatoms. The number of halogens is 1. The summed E-state index contributed by atoms with van der Waals surface area (Å²) in [4.78, 5) is 4.07. The molecule has 2 aromatic rings. The van der Waals surface area contributed by atoms with E-state index in [1.807, 2.05) is 41.4 Å². The van der Waals surface area contributed by atoms with Gasteiger partial charge in [-0.25, -0.2) is 0 Å². The molecule has 0 N–H and O–H groups in total. The van der Waals surface area contributed by atoms with Crippen molar-refractivity contribution in [3.8, 4) is 5.69 Å². The maximum absolute atomic E-state index is 4.07. The zero-order chi connectivity index (χ0) is 8.39. The van der Waals surface area contributed by atoms with Gasteiger partial charge < -0.3 is 4.57 Å². The third-order valence-electron chi connectivity index (χ3n) is 1.59. The van der Waals surface area contributed by atoms with Crippen molar-refractivity contribution in [3.05, 3.63) is 47.5 Å². The topological polar surface area (TPSA) is 17.8 Å². The van der Waals surface area contributed by atoms with Crippen molar-refractivity contribution in [2.24, 2.45) is 0 Å². The average molecular weight is 223 g/mol. The maximum Gasteiger partial charge on any atom is 0.0644 e. The van der Waals surface area contributed by atoms with Crippen molar-refractivity contribution < 1.29 is 0 Å². The van der Waals surface area contributed by atoms with Gasteiger partial charge in [0, 0.05) is 23.1 Å². The van der Waals surface area contributed by atoms with Gasteiger partial charge in [-0.15, -0.1) is 0 Å². The van der Waals surface area contributed by atoms with Crippen LogP contribution in [0.3, 0.4) is 0 Å². The van der Waals surface area contributed by atoms with Gasteiger partial charge in [-0.05, 0) is 34.1 Å². The van der Waals surface area contributed by atoms with Gasteiger partial charge in [0.05, 0.1) is 11.9 Å². The van der Waals surface area contributed by atoms with Crippen LogP contribution < -0.4 is 0 Å². The lowest BCUT2D eigenvalue weighted by molar-refractivity contribution is 1.05. The first-order chi connectivity index (χ1) is 5.86. The molecule has 0 aliphatic carbocycles. The number of nitrogens with zero attached hydrogens (tertiary/aromatic N) is 2. The van der Waals surface area contributed by atoms with E-state index in [1.165, 1.54) is 0 Å². The lowest BCUT2D eigenvalue weighted by atomic mass is 10.4. The van der Waals surface area contributed by atoms with E-state index in [2.05, 4.69) is 20.9 Å². The first-order valence-electron chi connectivity index (χ1n) is 3.60. The molecule has 2 heterocycles.